The molecule has 1 N–H and O–H groups in total. The molecule has 37 heavy (non-hydrogen) atoms. The largest absolute Gasteiger partial charge is 0.354 e. The summed E-state index contributed by atoms with van der Waals surface area (Å²) < 4.78 is 15.2. The van der Waals surface area contributed by atoms with E-state index in [4.69, 9.17) is 11.6 Å². The van der Waals surface area contributed by atoms with Crippen molar-refractivity contribution in [2.75, 3.05) is 12.3 Å². The molecule has 0 saturated heterocycles. The third kappa shape index (κ3) is 9.16. The second kappa shape index (κ2) is 14.6. The van der Waals surface area contributed by atoms with Crippen molar-refractivity contribution in [2.24, 2.45) is 5.92 Å². The maximum atomic E-state index is 14.2. The zero-order valence-electron chi connectivity index (χ0n) is 20.9. The van der Waals surface area contributed by atoms with Gasteiger partial charge in [0, 0.05) is 40.3 Å². The fraction of sp³-hybridized carbons (Fsp3) is 0.310. The van der Waals surface area contributed by atoms with E-state index in [1.807, 2.05) is 68.4 Å². The van der Waals surface area contributed by atoms with Crippen LogP contribution in [0.5, 0.6) is 0 Å². The van der Waals surface area contributed by atoms with Gasteiger partial charge in [0.05, 0.1) is 5.75 Å². The van der Waals surface area contributed by atoms with E-state index in [1.165, 1.54) is 17.8 Å². The fourth-order valence-corrected chi connectivity index (χ4v) is 5.27. The highest BCUT2D eigenvalue weighted by molar-refractivity contribution is 9.10. The summed E-state index contributed by atoms with van der Waals surface area (Å²) in [6.07, 6.45) is 0.386. The van der Waals surface area contributed by atoms with Crippen molar-refractivity contribution in [2.45, 2.75) is 38.6 Å². The monoisotopic (exact) mass is 604 g/mol. The number of benzene rings is 3. The zero-order valence-corrected chi connectivity index (χ0v) is 24.1. The summed E-state index contributed by atoms with van der Waals surface area (Å²) in [5, 5.41) is 3.35. The number of rotatable bonds is 12. The Labute approximate surface area is 236 Å². The summed E-state index contributed by atoms with van der Waals surface area (Å²) in [6.45, 7) is 4.86. The van der Waals surface area contributed by atoms with Gasteiger partial charge in [-0.3, -0.25) is 9.59 Å². The second-order valence-corrected chi connectivity index (χ2v) is 11.5. The fourth-order valence-electron chi connectivity index (χ4n) is 3.76. The van der Waals surface area contributed by atoms with Gasteiger partial charge in [-0.15, -0.1) is 11.8 Å². The topological polar surface area (TPSA) is 49.4 Å². The Morgan fingerprint density at radius 2 is 1.70 bits per heavy atom. The van der Waals surface area contributed by atoms with Crippen LogP contribution in [0.2, 0.25) is 5.02 Å². The Bertz CT molecular complexity index is 1160. The first-order valence-electron chi connectivity index (χ1n) is 12.1. The standard InChI is InChI=1S/C29H31BrClFN2O2S/c1-20(2)16-33-29(36)27(15-21-7-4-3-5-8-21)34(17-22-11-13-23(30)14-12-22)28(35)19-37-18-24-25(31)9-6-10-26(24)32/h3-14,20,27H,15-19H2,1-2H3,(H,33,36). The van der Waals surface area contributed by atoms with Gasteiger partial charge in [0.25, 0.3) is 0 Å². The lowest BCUT2D eigenvalue weighted by Crippen LogP contribution is -2.51. The van der Waals surface area contributed by atoms with Gasteiger partial charge in [-0.2, -0.15) is 0 Å². The maximum Gasteiger partial charge on any atom is 0.243 e. The van der Waals surface area contributed by atoms with Crippen molar-refractivity contribution in [3.63, 3.8) is 0 Å². The van der Waals surface area contributed by atoms with Crippen molar-refractivity contribution in [1.29, 1.82) is 0 Å². The molecular formula is C29H31BrClFN2O2S. The zero-order chi connectivity index (χ0) is 26.8. The van der Waals surface area contributed by atoms with Crippen LogP contribution in [0.4, 0.5) is 4.39 Å². The molecule has 0 spiro atoms. The third-order valence-electron chi connectivity index (χ3n) is 5.76. The van der Waals surface area contributed by atoms with Gasteiger partial charge >= 0.3 is 0 Å². The minimum absolute atomic E-state index is 0.0872. The molecule has 2 amide bonds. The van der Waals surface area contributed by atoms with E-state index in [0.29, 0.717) is 23.6 Å². The van der Waals surface area contributed by atoms with Crippen LogP contribution in [-0.2, 0) is 28.3 Å². The highest BCUT2D eigenvalue weighted by atomic mass is 79.9. The minimum atomic E-state index is -0.699. The number of halogens is 3. The maximum absolute atomic E-state index is 14.2. The van der Waals surface area contributed by atoms with Crippen LogP contribution in [-0.4, -0.2) is 35.1 Å². The Morgan fingerprint density at radius 3 is 2.35 bits per heavy atom. The van der Waals surface area contributed by atoms with E-state index in [1.54, 1.807) is 17.0 Å². The smallest absolute Gasteiger partial charge is 0.243 e. The van der Waals surface area contributed by atoms with E-state index in [9.17, 15) is 14.0 Å². The van der Waals surface area contributed by atoms with Crippen LogP contribution < -0.4 is 5.32 Å². The molecule has 0 radical (unpaired) electrons. The SMILES string of the molecule is CC(C)CNC(=O)C(Cc1ccccc1)N(Cc1ccc(Br)cc1)C(=O)CSCc1c(F)cccc1Cl. The predicted molar refractivity (Wildman–Crippen MR) is 154 cm³/mol. The van der Waals surface area contributed by atoms with E-state index < -0.39 is 11.9 Å². The molecule has 0 aromatic heterocycles. The molecule has 1 unspecified atom stereocenters. The Morgan fingerprint density at radius 1 is 1.00 bits per heavy atom. The molecule has 0 aliphatic rings. The summed E-state index contributed by atoms with van der Waals surface area (Å²) >= 11 is 10.9. The van der Waals surface area contributed by atoms with Crippen molar-refractivity contribution in [3.8, 4) is 0 Å². The van der Waals surface area contributed by atoms with Crippen LogP contribution in [0.25, 0.3) is 0 Å². The summed E-state index contributed by atoms with van der Waals surface area (Å²) in [6, 6.07) is 21.2. The molecule has 0 fully saturated rings. The molecule has 3 aromatic carbocycles. The van der Waals surface area contributed by atoms with Crippen LogP contribution in [0.1, 0.15) is 30.5 Å². The Balaban J connectivity index is 1.85. The Hall–Kier alpha value is -2.35. The Kier molecular flexibility index (Phi) is 11.5. The van der Waals surface area contributed by atoms with Crippen molar-refractivity contribution in [1.82, 2.24) is 10.2 Å². The molecule has 196 valence electrons. The lowest BCUT2D eigenvalue weighted by molar-refractivity contribution is -0.139. The number of thioether (sulfide) groups is 1. The van der Waals surface area contributed by atoms with E-state index >= 15 is 0 Å². The number of carbonyl (C=O) groups is 2. The number of nitrogens with zero attached hydrogens (tertiary/aromatic N) is 1. The summed E-state index contributed by atoms with van der Waals surface area (Å²) in [4.78, 5) is 28.7. The normalized spacial score (nSPS) is 11.8. The van der Waals surface area contributed by atoms with Gasteiger partial charge in [-0.25, -0.2) is 4.39 Å². The molecule has 0 bridgehead atoms. The number of hydrogen-bond acceptors (Lipinski definition) is 3. The highest BCUT2D eigenvalue weighted by Crippen LogP contribution is 2.25. The van der Waals surface area contributed by atoms with E-state index in [-0.39, 0.29) is 35.8 Å². The number of nitrogens with one attached hydrogen (secondary N) is 1. The van der Waals surface area contributed by atoms with Crippen molar-refractivity contribution in [3.05, 3.63) is 105 Å². The predicted octanol–water partition coefficient (Wildman–Crippen LogP) is 6.89. The average molecular weight is 606 g/mol. The van der Waals surface area contributed by atoms with Gasteiger partial charge in [-0.05, 0) is 41.3 Å². The van der Waals surface area contributed by atoms with Gasteiger partial charge < -0.3 is 10.2 Å². The first-order valence-corrected chi connectivity index (χ1v) is 14.4. The average Bonchev–Trinajstić information content (AvgIpc) is 2.88. The first-order chi connectivity index (χ1) is 17.7. The molecule has 0 aliphatic heterocycles. The minimum Gasteiger partial charge on any atom is -0.354 e. The molecule has 3 aromatic rings. The molecular weight excluding hydrogens is 575 g/mol. The lowest BCUT2D eigenvalue weighted by atomic mass is 10.0. The van der Waals surface area contributed by atoms with Gasteiger partial charge in [0.2, 0.25) is 11.8 Å². The lowest BCUT2D eigenvalue weighted by Gasteiger charge is -2.32. The van der Waals surface area contributed by atoms with Crippen LogP contribution in [0.15, 0.2) is 77.3 Å². The number of amides is 2. The number of carbonyl (C=O) groups excluding carboxylic acids is 2. The molecule has 0 saturated carbocycles. The van der Waals surface area contributed by atoms with Gasteiger partial charge in [0.15, 0.2) is 0 Å². The van der Waals surface area contributed by atoms with Crippen LogP contribution in [0.3, 0.4) is 0 Å². The summed E-state index contributed by atoms with van der Waals surface area (Å²) in [5.74, 6) is -0.158. The van der Waals surface area contributed by atoms with Gasteiger partial charge in [0.1, 0.15) is 11.9 Å². The molecule has 8 heteroatoms. The van der Waals surface area contributed by atoms with E-state index in [0.717, 1.165) is 15.6 Å². The summed E-state index contributed by atoms with van der Waals surface area (Å²) in [7, 11) is 0. The quantitative estimate of drug-likeness (QED) is 0.245. The molecule has 3 rings (SSSR count). The molecule has 0 aliphatic carbocycles. The third-order valence-corrected chi connectivity index (χ3v) is 7.58. The second-order valence-electron chi connectivity index (χ2n) is 9.19. The van der Waals surface area contributed by atoms with Crippen LogP contribution in [0, 0.1) is 11.7 Å². The first kappa shape index (κ1) is 29.2. The van der Waals surface area contributed by atoms with Crippen molar-refractivity contribution < 1.29 is 14.0 Å². The number of hydrogen-bond donors (Lipinski definition) is 1. The highest BCUT2D eigenvalue weighted by Gasteiger charge is 2.30. The van der Waals surface area contributed by atoms with E-state index in [2.05, 4.69) is 21.2 Å². The van der Waals surface area contributed by atoms with Crippen molar-refractivity contribution >= 4 is 51.1 Å². The molecule has 1 atom stereocenters. The van der Waals surface area contributed by atoms with Gasteiger partial charge in [-0.1, -0.05) is 89.9 Å². The summed E-state index contributed by atoms with van der Waals surface area (Å²) in [5.41, 5.74) is 2.25. The molecule has 0 heterocycles. The molecule has 4 nitrogen and oxygen atoms in total. The van der Waals surface area contributed by atoms with Crippen LogP contribution >= 0.6 is 39.3 Å².